The van der Waals surface area contributed by atoms with Gasteiger partial charge in [-0.1, -0.05) is 392 Å². The van der Waals surface area contributed by atoms with Crippen molar-refractivity contribution in [1.82, 2.24) is 0 Å². The Labute approximate surface area is 793 Å². The van der Waals surface area contributed by atoms with Crippen molar-refractivity contribution in [3.8, 4) is 100 Å². The van der Waals surface area contributed by atoms with Gasteiger partial charge in [0.1, 0.15) is 33.5 Å². The van der Waals surface area contributed by atoms with Crippen molar-refractivity contribution in [1.29, 1.82) is 0 Å². The van der Waals surface area contributed by atoms with Gasteiger partial charge in [0.2, 0.25) is 0 Å². The summed E-state index contributed by atoms with van der Waals surface area (Å²) in [5.74, 6) is 0. The summed E-state index contributed by atoms with van der Waals surface area (Å²) in [6.07, 6.45) is 0. The molecule has 0 fully saturated rings. The third-order valence-electron chi connectivity index (χ3n) is 25.3. The Bertz CT molecular complexity index is 11400. The number of furan rings is 3. The van der Waals surface area contributed by atoms with Crippen molar-refractivity contribution in [2.75, 3.05) is 0 Å². The SMILES string of the molecule is [2H]c1c([2H])c([2H])c2c(oc3c([2H])c([2H])c([2H])c(-c4c5c([2H])c([2H])c([2H])c([2H])c5c(-c5ccc6c(c5)-c5ccccc5C6(C)C)c5c([2H])c([2H])c([2H])c([2H])c45)c32)c1[2H].[2H]c1c([2H])c([2H])c2c(oc3c([2H])c([2H])c([2H])c(-c4c5c([2H])c([2H])c([2H])c([2H])c5c(-c5ccc6c(c5)C(C)(C)c5ccccc5-6)c5c([2H])c([2H])c([2H])c([2H])c45)c32)c1[2H].[2H]c1c([2H])c([2H])c2c(oc3c([2H])c([2H])c([2H])c(-c4c5c([2H])c([2H])c([2H])c([2H])c5c(-c5cccc6c5-c5ccccc5C6(C)C)c5c([2H])c([2H])c([2H])c([2H])c45)c32)c1[2H]. The molecule has 3 nitrogen and oxygen atoms in total. The molecule has 3 heteroatoms. The Balaban J connectivity index is 0.000000128. The van der Waals surface area contributed by atoms with Gasteiger partial charge < -0.3 is 13.3 Å². The minimum atomic E-state index is -0.710. The molecule has 0 atom stereocenters. The molecular weight excluding hydrogens is 1530 g/mol. The van der Waals surface area contributed by atoms with E-state index in [9.17, 15) is 20.6 Å². The summed E-state index contributed by atoms with van der Waals surface area (Å²) in [5.41, 5.74) is 6.84. The van der Waals surface area contributed by atoms with Crippen LogP contribution in [0.1, 0.15) is 137 Å². The zero-order valence-corrected chi connectivity index (χ0v) is 67.3. The fourth-order valence-corrected chi connectivity index (χ4v) is 19.8. The quantitative estimate of drug-likeness (QED) is 0.156. The highest BCUT2D eigenvalue weighted by atomic mass is 16.3. The van der Waals surface area contributed by atoms with Crippen LogP contribution in [-0.4, -0.2) is 0 Å². The first-order valence-electron chi connectivity index (χ1n) is 62.9. The van der Waals surface area contributed by atoms with Gasteiger partial charge in [0.05, 0.1) is 61.7 Å². The predicted molar refractivity (Wildman–Crippen MR) is 532 cm³/mol. The van der Waals surface area contributed by atoms with Crippen molar-refractivity contribution in [3.05, 3.63) is 433 Å². The molecule has 0 N–H and O–H groups in total. The van der Waals surface area contributed by atoms with Crippen LogP contribution in [0.25, 0.3) is 231 Å². The molecule has 0 radical (unpaired) electrons. The van der Waals surface area contributed by atoms with E-state index in [2.05, 4.69) is 41.5 Å². The summed E-state index contributed by atoms with van der Waals surface area (Å²) < 4.78 is 421. The third-order valence-corrected chi connectivity index (χ3v) is 25.3. The van der Waals surface area contributed by atoms with Gasteiger partial charge in [-0.2, -0.15) is 0 Å². The first-order valence-corrected chi connectivity index (χ1v) is 40.4. The van der Waals surface area contributed by atoms with Gasteiger partial charge >= 0.3 is 0 Å². The summed E-state index contributed by atoms with van der Waals surface area (Å²) in [6, 6.07) is 11.7. The molecule has 594 valence electrons. The maximum Gasteiger partial charge on any atom is 0.136 e. The van der Waals surface area contributed by atoms with Crippen molar-refractivity contribution in [2.45, 2.75) is 57.8 Å². The van der Waals surface area contributed by atoms with Crippen LogP contribution in [-0.2, 0) is 16.2 Å². The van der Waals surface area contributed by atoms with E-state index in [4.69, 9.17) is 54.4 Å². The van der Waals surface area contributed by atoms with Gasteiger partial charge in [-0.15, -0.1) is 0 Å². The molecule has 0 unspecified atom stereocenters. The van der Waals surface area contributed by atoms with Crippen molar-refractivity contribution in [3.63, 3.8) is 0 Å². The van der Waals surface area contributed by atoms with E-state index >= 15 is 0 Å². The molecule has 0 amide bonds. The number of benzene rings is 21. The highest BCUT2D eigenvalue weighted by molar-refractivity contribution is 6.30. The largest absolute Gasteiger partial charge is 0.456 e. The van der Waals surface area contributed by atoms with E-state index in [0.29, 0.717) is 22.3 Å². The Morgan fingerprint density at radius 3 is 0.833 bits per heavy atom. The van der Waals surface area contributed by atoms with Crippen LogP contribution in [0.5, 0.6) is 0 Å². The summed E-state index contributed by atoms with van der Waals surface area (Å²) in [5, 5.41) is -3.83. The van der Waals surface area contributed by atoms with Crippen LogP contribution >= 0.6 is 0 Å². The van der Waals surface area contributed by atoms with Crippen molar-refractivity contribution in [2.24, 2.45) is 0 Å². The first kappa shape index (κ1) is 41.2. The lowest BCUT2D eigenvalue weighted by molar-refractivity contribution is 0.660. The predicted octanol–water partition coefficient (Wildman–Crippen LogP) is 34.6. The molecule has 27 rings (SSSR count). The van der Waals surface area contributed by atoms with Crippen LogP contribution in [0.15, 0.2) is 413 Å². The molecule has 0 saturated carbocycles. The maximum atomic E-state index is 9.48. The standard InChI is InChI=1S/3C41H28O/c1-41(2)33-21-9-7-17-29(33)39-31(19-11-22-34(39)41)37-25-13-3-5-15-27(25)38(28-16-6-4-14-26(28)37)32-20-12-24-36-40(32)30-18-8-10-23-35(30)42-36;1-41(2)34-19-9-7-12-26(34)27-23-22-25(24-35(27)41)38-28-13-3-5-15-30(28)39(31-16-6-4-14-29(31)38)33-18-11-21-37-40(33)32-17-8-10-20-36(32)42-37;1-41(2)34-19-9-7-12-26(34)33-24-25(22-23-35(33)41)38-27-13-3-5-15-29(27)39(30-16-6-4-14-28(30)38)32-18-11-21-37-40(32)31-17-8-10-20-36(31)42-37/h3*3-24H,1-2H3/i3D,4D,5D,6D,8D,10D,12D,13D,14D,15D,16D,18D,20D,23D,24D;2*3D,4D,5D,6D,8D,10D,11D,13D,14D,15D,16D,17D,18D,20D,21D. The van der Waals surface area contributed by atoms with Crippen molar-refractivity contribution < 1.29 is 74.9 Å². The molecular formula is C123H84O3. The van der Waals surface area contributed by atoms with E-state index in [0.717, 1.165) is 61.2 Å². The average molecular weight is 1660 g/mol. The van der Waals surface area contributed by atoms with E-state index in [1.165, 1.54) is 0 Å². The minimum absolute atomic E-state index is 0.0812. The molecule has 0 bridgehead atoms. The van der Waals surface area contributed by atoms with Crippen LogP contribution < -0.4 is 0 Å². The van der Waals surface area contributed by atoms with Gasteiger partial charge in [0.25, 0.3) is 0 Å². The zero-order chi connectivity index (χ0) is 123. The topological polar surface area (TPSA) is 39.4 Å². The van der Waals surface area contributed by atoms with E-state index in [1.807, 2.05) is 103 Å². The van der Waals surface area contributed by atoms with E-state index in [1.54, 1.807) is 24.3 Å². The van der Waals surface area contributed by atoms with Gasteiger partial charge in [-0.3, -0.25) is 0 Å². The second kappa shape index (κ2) is 27.8. The molecule has 24 aromatic rings. The van der Waals surface area contributed by atoms with Gasteiger partial charge in [0, 0.05) is 48.6 Å². The third kappa shape index (κ3) is 10.7. The normalized spacial score (nSPS) is 18.7. The highest BCUT2D eigenvalue weighted by Crippen LogP contribution is 2.59. The molecule has 3 aromatic heterocycles. The monoisotopic (exact) mass is 1650 g/mol. The maximum absolute atomic E-state index is 9.48. The van der Waals surface area contributed by atoms with E-state index in [-0.39, 0.29) is 164 Å². The Hall–Kier alpha value is -15.4. The minimum Gasteiger partial charge on any atom is -0.456 e. The summed E-state index contributed by atoms with van der Waals surface area (Å²) >= 11 is 0. The first-order chi connectivity index (χ1) is 80.5. The van der Waals surface area contributed by atoms with Gasteiger partial charge in [0.15, 0.2) is 0 Å². The summed E-state index contributed by atoms with van der Waals surface area (Å²) in [4.78, 5) is 0. The van der Waals surface area contributed by atoms with E-state index < -0.39 is 305 Å². The Morgan fingerprint density at radius 1 is 0.175 bits per heavy atom. The Morgan fingerprint density at radius 2 is 0.437 bits per heavy atom. The summed E-state index contributed by atoms with van der Waals surface area (Å²) in [6.45, 7) is 12.4. The molecule has 3 aliphatic rings. The zero-order valence-electron chi connectivity index (χ0n) is 112. The second-order valence-corrected chi connectivity index (χ2v) is 32.8. The fraction of sp³-hybridized carbons (Fsp3) is 0.0732. The molecule has 21 aromatic carbocycles. The fourth-order valence-electron chi connectivity index (χ4n) is 19.8. The second-order valence-electron chi connectivity index (χ2n) is 32.8. The van der Waals surface area contributed by atoms with Gasteiger partial charge in [-0.05, 0) is 247 Å². The Kier molecular flexibility index (Phi) is 9.08. The van der Waals surface area contributed by atoms with Crippen molar-refractivity contribution >= 4 is 130 Å². The lowest BCUT2D eigenvalue weighted by atomic mass is 9.80. The highest BCUT2D eigenvalue weighted by Gasteiger charge is 2.40. The smallest absolute Gasteiger partial charge is 0.136 e. The van der Waals surface area contributed by atoms with Crippen LogP contribution in [0, 0.1) is 0 Å². The van der Waals surface area contributed by atoms with Crippen LogP contribution in [0.4, 0.5) is 0 Å². The van der Waals surface area contributed by atoms with Gasteiger partial charge in [-0.25, -0.2) is 0 Å². The van der Waals surface area contributed by atoms with Crippen LogP contribution in [0.2, 0.25) is 0 Å². The number of fused-ring (bicyclic) bond motifs is 24. The molecule has 0 saturated heterocycles. The molecule has 3 heterocycles. The van der Waals surface area contributed by atoms with Crippen LogP contribution in [0.3, 0.4) is 0 Å². The average Bonchev–Trinajstić information content (AvgIpc) is 1.67. The lowest BCUT2D eigenvalue weighted by Gasteiger charge is -2.23. The molecule has 126 heavy (non-hydrogen) atoms. The molecule has 0 aliphatic heterocycles. The number of para-hydroxylation sites is 3. The molecule has 3 aliphatic carbocycles. The number of hydrogen-bond acceptors (Lipinski definition) is 3. The number of rotatable bonds is 6. The molecule has 0 spiro atoms. The summed E-state index contributed by atoms with van der Waals surface area (Å²) in [7, 11) is 0. The number of hydrogen-bond donors (Lipinski definition) is 0. The lowest BCUT2D eigenvalue weighted by Crippen LogP contribution is -2.14.